The summed E-state index contributed by atoms with van der Waals surface area (Å²) >= 11 is 0. The Hall–Kier alpha value is -2.36. The van der Waals surface area contributed by atoms with Gasteiger partial charge in [0.2, 0.25) is 0 Å². The van der Waals surface area contributed by atoms with Crippen LogP contribution in [0.3, 0.4) is 0 Å². The van der Waals surface area contributed by atoms with Gasteiger partial charge >= 0.3 is 0 Å². The van der Waals surface area contributed by atoms with E-state index in [0.717, 1.165) is 31.1 Å². The van der Waals surface area contributed by atoms with Gasteiger partial charge < -0.3 is 20.3 Å². The van der Waals surface area contributed by atoms with Gasteiger partial charge in [-0.05, 0) is 24.3 Å². The summed E-state index contributed by atoms with van der Waals surface area (Å²) in [5, 5.41) is 0. The number of benzene rings is 2. The van der Waals surface area contributed by atoms with Crippen molar-refractivity contribution in [1.82, 2.24) is 0 Å². The highest BCUT2D eigenvalue weighted by Crippen LogP contribution is 2.31. The lowest BCUT2D eigenvalue weighted by Gasteiger charge is -2.36. The molecule has 0 aromatic heterocycles. The van der Waals surface area contributed by atoms with Crippen LogP contribution < -0.4 is 20.3 Å². The first-order valence-corrected chi connectivity index (χ1v) is 7.27. The second-order valence-electron chi connectivity index (χ2n) is 5.32. The van der Waals surface area contributed by atoms with Crippen LogP contribution in [0.5, 0.6) is 5.75 Å². The molecule has 4 nitrogen and oxygen atoms in total. The zero-order valence-corrected chi connectivity index (χ0v) is 12.3. The molecule has 2 aromatic rings. The third-order valence-electron chi connectivity index (χ3n) is 3.83. The molecular formula is C17H21N3O. The largest absolute Gasteiger partial charge is 0.492 e. The lowest BCUT2D eigenvalue weighted by Crippen LogP contribution is -2.41. The van der Waals surface area contributed by atoms with E-state index in [9.17, 15) is 0 Å². The molecule has 21 heavy (non-hydrogen) atoms. The van der Waals surface area contributed by atoms with E-state index in [0.29, 0.717) is 6.61 Å². The van der Waals surface area contributed by atoms with Crippen LogP contribution in [-0.4, -0.2) is 33.3 Å². The third kappa shape index (κ3) is 3.05. The number of likely N-dealkylation sites (N-methyl/N-ethyl adjacent to an activating group) is 1. The Labute approximate surface area is 125 Å². The number of hydrogen-bond acceptors (Lipinski definition) is 4. The Morgan fingerprint density at radius 2 is 1.86 bits per heavy atom. The lowest BCUT2D eigenvalue weighted by atomic mass is 10.2. The first-order valence-electron chi connectivity index (χ1n) is 7.27. The van der Waals surface area contributed by atoms with E-state index in [1.54, 1.807) is 0 Å². The molecule has 2 aromatic carbocycles. The maximum atomic E-state index is 5.80. The Bertz CT molecular complexity index is 614. The number of nitrogens with two attached hydrogens (primary N) is 1. The zero-order valence-electron chi connectivity index (χ0n) is 12.3. The number of hydrogen-bond donors (Lipinski definition) is 1. The fraction of sp³-hybridized carbons (Fsp3) is 0.294. The number of rotatable bonds is 4. The van der Waals surface area contributed by atoms with Gasteiger partial charge in [-0.1, -0.05) is 18.2 Å². The Morgan fingerprint density at radius 3 is 2.67 bits per heavy atom. The summed E-state index contributed by atoms with van der Waals surface area (Å²) in [5.74, 6) is 0.831. The van der Waals surface area contributed by atoms with E-state index in [1.165, 1.54) is 11.4 Å². The Balaban J connectivity index is 1.63. The molecule has 0 unspecified atom stereocenters. The summed E-state index contributed by atoms with van der Waals surface area (Å²) in [6, 6.07) is 16.1. The minimum absolute atomic E-state index is 0.654. The fourth-order valence-electron chi connectivity index (χ4n) is 2.68. The molecule has 0 fully saturated rings. The van der Waals surface area contributed by atoms with E-state index in [-0.39, 0.29) is 0 Å². The van der Waals surface area contributed by atoms with Gasteiger partial charge in [0.15, 0.2) is 0 Å². The summed E-state index contributed by atoms with van der Waals surface area (Å²) in [5.41, 5.74) is 9.05. The number of nitrogens with zero attached hydrogens (tertiary/aromatic N) is 2. The molecule has 0 aliphatic carbocycles. The van der Waals surface area contributed by atoms with Gasteiger partial charge in [0.05, 0.1) is 17.9 Å². The van der Waals surface area contributed by atoms with Crippen molar-refractivity contribution < 1.29 is 4.74 Å². The van der Waals surface area contributed by atoms with Crippen LogP contribution in [0.15, 0.2) is 48.5 Å². The van der Waals surface area contributed by atoms with Crippen molar-refractivity contribution in [1.29, 1.82) is 0 Å². The smallest absolute Gasteiger partial charge is 0.121 e. The van der Waals surface area contributed by atoms with Gasteiger partial charge in [-0.25, -0.2) is 0 Å². The van der Waals surface area contributed by atoms with Crippen molar-refractivity contribution in [3.8, 4) is 5.75 Å². The minimum atomic E-state index is 0.654. The SMILES string of the molecule is CN1CCN(CCOc2cccc(N)c2)c2ccccc21. The number of fused-ring (bicyclic) bond motifs is 1. The molecule has 0 saturated carbocycles. The average Bonchev–Trinajstić information content (AvgIpc) is 2.50. The standard InChI is InChI=1S/C17H21N3O/c1-19-9-10-20(17-8-3-2-7-16(17)19)11-12-21-15-6-4-5-14(18)13-15/h2-8,13H,9-12,18H2,1H3. The summed E-state index contributed by atoms with van der Waals surface area (Å²) in [4.78, 5) is 4.67. The lowest BCUT2D eigenvalue weighted by molar-refractivity contribution is 0.323. The van der Waals surface area contributed by atoms with E-state index >= 15 is 0 Å². The second kappa shape index (κ2) is 5.95. The molecule has 4 heteroatoms. The van der Waals surface area contributed by atoms with Crippen molar-refractivity contribution >= 4 is 17.1 Å². The molecule has 0 bridgehead atoms. The van der Waals surface area contributed by atoms with E-state index in [4.69, 9.17) is 10.5 Å². The van der Waals surface area contributed by atoms with Crippen LogP contribution >= 0.6 is 0 Å². The Kier molecular flexibility index (Phi) is 3.86. The number of nitrogen functional groups attached to an aromatic ring is 1. The number of para-hydroxylation sites is 2. The van der Waals surface area contributed by atoms with Gasteiger partial charge in [0, 0.05) is 31.9 Å². The van der Waals surface area contributed by atoms with Crippen LogP contribution in [0.4, 0.5) is 17.1 Å². The molecule has 1 aliphatic rings. The maximum Gasteiger partial charge on any atom is 0.121 e. The highest BCUT2D eigenvalue weighted by molar-refractivity contribution is 5.73. The quantitative estimate of drug-likeness (QED) is 0.876. The topological polar surface area (TPSA) is 41.7 Å². The molecule has 0 amide bonds. The molecule has 2 N–H and O–H groups in total. The minimum Gasteiger partial charge on any atom is -0.492 e. The van der Waals surface area contributed by atoms with Crippen LogP contribution in [0, 0.1) is 0 Å². The normalized spacial score (nSPS) is 14.0. The predicted octanol–water partition coefficient (Wildman–Crippen LogP) is 2.60. The monoisotopic (exact) mass is 283 g/mol. The zero-order chi connectivity index (χ0) is 14.7. The highest BCUT2D eigenvalue weighted by Gasteiger charge is 2.19. The second-order valence-corrected chi connectivity index (χ2v) is 5.32. The molecule has 3 rings (SSSR count). The van der Waals surface area contributed by atoms with Crippen LogP contribution in [0.1, 0.15) is 0 Å². The van der Waals surface area contributed by atoms with Crippen LogP contribution in [0.25, 0.3) is 0 Å². The van der Waals surface area contributed by atoms with Crippen LogP contribution in [-0.2, 0) is 0 Å². The van der Waals surface area contributed by atoms with Crippen molar-refractivity contribution in [3.05, 3.63) is 48.5 Å². The van der Waals surface area contributed by atoms with Gasteiger partial charge in [-0.2, -0.15) is 0 Å². The third-order valence-corrected chi connectivity index (χ3v) is 3.83. The molecule has 110 valence electrons. The summed E-state index contributed by atoms with van der Waals surface area (Å²) in [6.07, 6.45) is 0. The van der Waals surface area contributed by atoms with Gasteiger partial charge in [0.1, 0.15) is 12.4 Å². The number of anilines is 3. The average molecular weight is 283 g/mol. The predicted molar refractivity (Wildman–Crippen MR) is 88.3 cm³/mol. The first kappa shape index (κ1) is 13.6. The summed E-state index contributed by atoms with van der Waals surface area (Å²) in [7, 11) is 2.14. The molecule has 1 aliphatic heterocycles. The van der Waals surface area contributed by atoms with Crippen molar-refractivity contribution in [3.63, 3.8) is 0 Å². The molecule has 0 radical (unpaired) electrons. The fourth-order valence-corrected chi connectivity index (χ4v) is 2.68. The molecular weight excluding hydrogens is 262 g/mol. The van der Waals surface area contributed by atoms with E-state index in [1.807, 2.05) is 24.3 Å². The first-order chi connectivity index (χ1) is 10.2. The van der Waals surface area contributed by atoms with Crippen molar-refractivity contribution in [2.45, 2.75) is 0 Å². The van der Waals surface area contributed by atoms with E-state index < -0.39 is 0 Å². The summed E-state index contributed by atoms with van der Waals surface area (Å²) in [6.45, 7) is 3.59. The molecule has 0 atom stereocenters. The van der Waals surface area contributed by atoms with Crippen LogP contribution in [0.2, 0.25) is 0 Å². The van der Waals surface area contributed by atoms with Crippen molar-refractivity contribution in [2.75, 3.05) is 48.8 Å². The maximum absolute atomic E-state index is 5.80. The molecule has 1 heterocycles. The number of ether oxygens (including phenoxy) is 1. The van der Waals surface area contributed by atoms with Gasteiger partial charge in [-0.15, -0.1) is 0 Å². The Morgan fingerprint density at radius 1 is 1.05 bits per heavy atom. The summed E-state index contributed by atoms with van der Waals surface area (Å²) < 4.78 is 5.80. The van der Waals surface area contributed by atoms with Crippen molar-refractivity contribution in [2.24, 2.45) is 0 Å². The van der Waals surface area contributed by atoms with Gasteiger partial charge in [0.25, 0.3) is 0 Å². The molecule has 0 spiro atoms. The van der Waals surface area contributed by atoms with E-state index in [2.05, 4.69) is 41.1 Å². The van der Waals surface area contributed by atoms with Gasteiger partial charge in [-0.3, -0.25) is 0 Å². The molecule has 0 saturated heterocycles. The highest BCUT2D eigenvalue weighted by atomic mass is 16.5.